The van der Waals surface area contributed by atoms with Crippen LogP contribution in [0.25, 0.3) is 10.9 Å². The molecule has 1 aromatic heterocycles. The number of para-hydroxylation sites is 1. The molecule has 0 atom stereocenters. The molecule has 2 aromatic rings. The van der Waals surface area contributed by atoms with Gasteiger partial charge in [-0.05, 0) is 24.6 Å². The van der Waals surface area contributed by atoms with Crippen molar-refractivity contribution in [3.63, 3.8) is 0 Å². The maximum atomic E-state index is 5.77. The monoisotopic (exact) mass is 228 g/mol. The van der Waals surface area contributed by atoms with E-state index in [9.17, 15) is 0 Å². The van der Waals surface area contributed by atoms with Crippen LogP contribution >= 0.6 is 0 Å². The summed E-state index contributed by atoms with van der Waals surface area (Å²) in [5.41, 5.74) is 4.39. The lowest BCUT2D eigenvalue weighted by Crippen LogP contribution is -2.19. The molecular formula is C14H16N2O. The van der Waals surface area contributed by atoms with E-state index in [1.54, 1.807) is 0 Å². The van der Waals surface area contributed by atoms with E-state index in [-0.39, 0.29) is 0 Å². The van der Waals surface area contributed by atoms with Crippen molar-refractivity contribution in [1.29, 1.82) is 0 Å². The number of aromatic nitrogens is 1. The molecule has 0 spiro atoms. The summed E-state index contributed by atoms with van der Waals surface area (Å²) >= 11 is 0. The van der Waals surface area contributed by atoms with Crippen LogP contribution < -0.4 is 10.1 Å². The van der Waals surface area contributed by atoms with Gasteiger partial charge in [-0.25, -0.2) is 0 Å². The highest BCUT2D eigenvalue weighted by atomic mass is 16.5. The number of fused-ring (bicyclic) bond motifs is 3. The van der Waals surface area contributed by atoms with Gasteiger partial charge in [0, 0.05) is 24.0 Å². The Morgan fingerprint density at radius 2 is 2.12 bits per heavy atom. The van der Waals surface area contributed by atoms with Crippen LogP contribution in [0.4, 0.5) is 0 Å². The molecule has 0 saturated carbocycles. The van der Waals surface area contributed by atoms with Gasteiger partial charge in [-0.2, -0.15) is 0 Å². The number of nitrogens with one attached hydrogen (secondary N) is 1. The Bertz CT molecular complexity index is 585. The smallest absolute Gasteiger partial charge is 0.143 e. The summed E-state index contributed by atoms with van der Waals surface area (Å²) in [5.74, 6) is 1.06. The first-order valence-corrected chi connectivity index (χ1v) is 6.41. The molecule has 1 N–H and O–H groups in total. The minimum atomic E-state index is 0.806. The lowest BCUT2D eigenvalue weighted by atomic mass is 10.1. The summed E-state index contributed by atoms with van der Waals surface area (Å²) in [7, 11) is 0. The number of hydrogen-bond acceptors (Lipinski definition) is 2. The fourth-order valence-corrected chi connectivity index (χ4v) is 3.22. The first-order chi connectivity index (χ1) is 8.45. The number of benzene rings is 1. The van der Waals surface area contributed by atoms with E-state index in [4.69, 9.17) is 4.74 Å². The highest BCUT2D eigenvalue weighted by molar-refractivity contribution is 5.91. The predicted molar refractivity (Wildman–Crippen MR) is 67.7 cm³/mol. The van der Waals surface area contributed by atoms with Crippen LogP contribution in [0.3, 0.4) is 0 Å². The largest absolute Gasteiger partial charge is 0.490 e. The van der Waals surface area contributed by atoms with Gasteiger partial charge in [0.05, 0.1) is 12.1 Å². The molecule has 4 rings (SSSR count). The minimum absolute atomic E-state index is 0.806. The summed E-state index contributed by atoms with van der Waals surface area (Å²) in [6, 6.07) is 6.45. The standard InChI is InChI=1S/C14H16N2O/c1-2-11-10-4-6-15-7-5-12(10)16-8-9-17-13(3-1)14(11)16/h1-3,15H,4-9H2. The molecule has 0 fully saturated rings. The normalized spacial score (nSPS) is 18.6. The van der Waals surface area contributed by atoms with Gasteiger partial charge in [-0.1, -0.05) is 12.1 Å². The average Bonchev–Trinajstić information content (AvgIpc) is 2.55. The second-order valence-electron chi connectivity index (χ2n) is 4.83. The predicted octanol–water partition coefficient (Wildman–Crippen LogP) is 1.72. The third-order valence-corrected chi connectivity index (χ3v) is 3.93. The average molecular weight is 228 g/mol. The quantitative estimate of drug-likeness (QED) is 0.743. The Hall–Kier alpha value is -1.48. The minimum Gasteiger partial charge on any atom is -0.490 e. The topological polar surface area (TPSA) is 26.2 Å². The Kier molecular flexibility index (Phi) is 1.97. The lowest BCUT2D eigenvalue weighted by molar-refractivity contribution is 0.285. The molecule has 0 saturated heterocycles. The molecular weight excluding hydrogens is 212 g/mol. The number of rotatable bonds is 0. The first kappa shape index (κ1) is 9.54. The van der Waals surface area contributed by atoms with Crippen LogP contribution in [0.1, 0.15) is 11.3 Å². The third kappa shape index (κ3) is 1.26. The summed E-state index contributed by atoms with van der Waals surface area (Å²) < 4.78 is 8.25. The van der Waals surface area contributed by atoms with Crippen LogP contribution in [0.2, 0.25) is 0 Å². The highest BCUT2D eigenvalue weighted by Gasteiger charge is 2.23. The van der Waals surface area contributed by atoms with E-state index in [1.807, 2.05) is 0 Å². The van der Waals surface area contributed by atoms with Crippen molar-refractivity contribution >= 4 is 10.9 Å². The van der Waals surface area contributed by atoms with Gasteiger partial charge in [0.2, 0.25) is 0 Å². The molecule has 0 amide bonds. The van der Waals surface area contributed by atoms with E-state index >= 15 is 0 Å². The zero-order chi connectivity index (χ0) is 11.2. The maximum absolute atomic E-state index is 5.77. The molecule has 2 aliphatic rings. The molecule has 1 aromatic carbocycles. The number of hydrogen-bond donors (Lipinski definition) is 1. The van der Waals surface area contributed by atoms with Crippen molar-refractivity contribution in [1.82, 2.24) is 9.88 Å². The van der Waals surface area contributed by atoms with Crippen LogP contribution in [-0.4, -0.2) is 24.3 Å². The molecule has 0 unspecified atom stereocenters. The highest BCUT2D eigenvalue weighted by Crippen LogP contribution is 2.36. The fraction of sp³-hybridized carbons (Fsp3) is 0.429. The summed E-state index contributed by atoms with van der Waals surface area (Å²) in [5, 5.41) is 4.89. The van der Waals surface area contributed by atoms with Crippen LogP contribution in [0.5, 0.6) is 5.75 Å². The molecule has 0 bridgehead atoms. The van der Waals surface area contributed by atoms with Crippen molar-refractivity contribution in [3.8, 4) is 5.75 Å². The SMILES string of the molecule is c1cc2c3c(c1)c1c(n3CCO2)CCNCC1. The van der Waals surface area contributed by atoms with E-state index < -0.39 is 0 Å². The zero-order valence-corrected chi connectivity index (χ0v) is 9.83. The van der Waals surface area contributed by atoms with Crippen molar-refractivity contribution in [2.45, 2.75) is 19.4 Å². The van der Waals surface area contributed by atoms with Crippen LogP contribution in [0.15, 0.2) is 18.2 Å². The third-order valence-electron chi connectivity index (χ3n) is 3.93. The van der Waals surface area contributed by atoms with Crippen molar-refractivity contribution < 1.29 is 4.74 Å². The van der Waals surface area contributed by atoms with Crippen LogP contribution in [-0.2, 0) is 19.4 Å². The Morgan fingerprint density at radius 3 is 3.12 bits per heavy atom. The van der Waals surface area contributed by atoms with Crippen molar-refractivity contribution in [3.05, 3.63) is 29.5 Å². The van der Waals surface area contributed by atoms with E-state index in [0.717, 1.165) is 44.8 Å². The Morgan fingerprint density at radius 1 is 1.18 bits per heavy atom. The van der Waals surface area contributed by atoms with Gasteiger partial charge in [-0.3, -0.25) is 0 Å². The Balaban J connectivity index is 2.09. The molecule has 2 aliphatic heterocycles. The second-order valence-corrected chi connectivity index (χ2v) is 4.83. The first-order valence-electron chi connectivity index (χ1n) is 6.41. The molecule has 3 heteroatoms. The zero-order valence-electron chi connectivity index (χ0n) is 9.83. The summed E-state index contributed by atoms with van der Waals surface area (Å²) in [4.78, 5) is 0. The molecule has 3 nitrogen and oxygen atoms in total. The second kappa shape index (κ2) is 3.50. The molecule has 0 aliphatic carbocycles. The van der Waals surface area contributed by atoms with Gasteiger partial charge in [0.1, 0.15) is 12.4 Å². The van der Waals surface area contributed by atoms with Gasteiger partial charge in [0.25, 0.3) is 0 Å². The Labute approximate surface area is 100 Å². The lowest BCUT2D eigenvalue weighted by Gasteiger charge is -2.18. The van der Waals surface area contributed by atoms with Crippen molar-refractivity contribution in [2.24, 2.45) is 0 Å². The van der Waals surface area contributed by atoms with Crippen molar-refractivity contribution in [2.75, 3.05) is 19.7 Å². The van der Waals surface area contributed by atoms with Gasteiger partial charge < -0.3 is 14.6 Å². The fourth-order valence-electron chi connectivity index (χ4n) is 3.22. The number of ether oxygens (including phenoxy) is 1. The van der Waals surface area contributed by atoms with E-state index in [2.05, 4.69) is 28.1 Å². The molecule has 3 heterocycles. The maximum Gasteiger partial charge on any atom is 0.143 e. The molecule has 88 valence electrons. The van der Waals surface area contributed by atoms with E-state index in [1.165, 1.54) is 22.2 Å². The van der Waals surface area contributed by atoms with Gasteiger partial charge in [-0.15, -0.1) is 0 Å². The van der Waals surface area contributed by atoms with Gasteiger partial charge >= 0.3 is 0 Å². The number of nitrogens with zero attached hydrogens (tertiary/aromatic N) is 1. The van der Waals surface area contributed by atoms with E-state index in [0.29, 0.717) is 0 Å². The summed E-state index contributed by atoms with van der Waals surface area (Å²) in [6.07, 6.45) is 2.28. The van der Waals surface area contributed by atoms with Gasteiger partial charge in [0.15, 0.2) is 0 Å². The molecule has 0 radical (unpaired) electrons. The van der Waals surface area contributed by atoms with Crippen LogP contribution in [0, 0.1) is 0 Å². The molecule has 17 heavy (non-hydrogen) atoms. The summed E-state index contributed by atoms with van der Waals surface area (Å²) in [6.45, 7) is 4.00.